The number of carbonyl (C=O) groups excluding carboxylic acids is 2. The number of nitriles is 1. The number of hydrogen-bond acceptors (Lipinski definition) is 7. The Kier molecular flexibility index (Phi) is 7.40. The van der Waals surface area contributed by atoms with Gasteiger partial charge in [0.2, 0.25) is 5.82 Å². The van der Waals surface area contributed by atoms with Crippen molar-refractivity contribution < 1.29 is 14.3 Å². The summed E-state index contributed by atoms with van der Waals surface area (Å²) < 4.78 is 6.00. The fraction of sp³-hybridized carbons (Fsp3) is 0.458. The number of hydrogen-bond donors (Lipinski definition) is 1. The van der Waals surface area contributed by atoms with Crippen LogP contribution in [0, 0.1) is 17.2 Å². The van der Waals surface area contributed by atoms with E-state index in [9.17, 15) is 9.59 Å². The first-order valence-corrected chi connectivity index (χ1v) is 11.6. The van der Waals surface area contributed by atoms with Crippen LogP contribution in [0.5, 0.6) is 5.75 Å². The van der Waals surface area contributed by atoms with Crippen molar-refractivity contribution in [2.24, 2.45) is 5.92 Å². The summed E-state index contributed by atoms with van der Waals surface area (Å²) in [5, 5.41) is 12.4. The van der Waals surface area contributed by atoms with Crippen LogP contribution in [0.2, 0.25) is 5.02 Å². The minimum absolute atomic E-state index is 0.0426. The topological polar surface area (TPSA) is 108 Å². The third-order valence-corrected chi connectivity index (χ3v) is 6.62. The van der Waals surface area contributed by atoms with Crippen LogP contribution in [0.25, 0.3) is 0 Å². The molecule has 1 saturated carbocycles. The molecule has 1 saturated heterocycles. The molecule has 9 heteroatoms. The van der Waals surface area contributed by atoms with Crippen molar-refractivity contribution in [3.8, 4) is 11.8 Å². The van der Waals surface area contributed by atoms with Gasteiger partial charge in [0, 0.05) is 31.1 Å². The van der Waals surface area contributed by atoms with Gasteiger partial charge in [0.05, 0.1) is 34.8 Å². The molecule has 1 amide bonds. The van der Waals surface area contributed by atoms with E-state index in [0.717, 1.165) is 63.6 Å². The molecule has 2 aliphatic rings. The number of aldehydes is 1. The van der Waals surface area contributed by atoms with Crippen molar-refractivity contribution in [3.63, 3.8) is 0 Å². The molecule has 0 bridgehead atoms. The second kappa shape index (κ2) is 10.6. The average molecular weight is 468 g/mol. The number of rotatable bonds is 6. The highest BCUT2D eigenvalue weighted by Crippen LogP contribution is 2.27. The third-order valence-electron chi connectivity index (χ3n) is 6.31. The lowest BCUT2D eigenvalue weighted by molar-refractivity contribution is -0.111. The van der Waals surface area contributed by atoms with Gasteiger partial charge < -0.3 is 19.7 Å². The van der Waals surface area contributed by atoms with Crippen molar-refractivity contribution in [2.75, 3.05) is 18.0 Å². The second-order valence-electron chi connectivity index (χ2n) is 8.54. The van der Waals surface area contributed by atoms with Gasteiger partial charge in [-0.05, 0) is 50.7 Å². The van der Waals surface area contributed by atoms with Crippen molar-refractivity contribution in [1.29, 1.82) is 5.26 Å². The summed E-state index contributed by atoms with van der Waals surface area (Å²) in [4.78, 5) is 34.2. The Hall–Kier alpha value is -3.18. The largest absolute Gasteiger partial charge is 0.490 e. The number of aromatic nitrogens is 2. The van der Waals surface area contributed by atoms with E-state index in [2.05, 4.69) is 20.2 Å². The van der Waals surface area contributed by atoms with Crippen LogP contribution in [0.15, 0.2) is 30.6 Å². The Bertz CT molecular complexity index is 1020. The lowest BCUT2D eigenvalue weighted by Gasteiger charge is -2.31. The molecule has 1 aliphatic carbocycles. The van der Waals surface area contributed by atoms with E-state index in [4.69, 9.17) is 21.6 Å². The van der Waals surface area contributed by atoms with Crippen LogP contribution in [-0.4, -0.2) is 47.4 Å². The van der Waals surface area contributed by atoms with E-state index < -0.39 is 0 Å². The van der Waals surface area contributed by atoms with Gasteiger partial charge in [0.25, 0.3) is 5.91 Å². The van der Waals surface area contributed by atoms with E-state index in [1.165, 1.54) is 0 Å². The fourth-order valence-corrected chi connectivity index (χ4v) is 4.54. The van der Waals surface area contributed by atoms with Gasteiger partial charge in [-0.15, -0.1) is 0 Å². The van der Waals surface area contributed by atoms with Crippen LogP contribution < -0.4 is 15.0 Å². The van der Waals surface area contributed by atoms with Gasteiger partial charge in [0.1, 0.15) is 18.1 Å². The average Bonchev–Trinajstić information content (AvgIpc) is 2.85. The van der Waals surface area contributed by atoms with Crippen molar-refractivity contribution in [1.82, 2.24) is 15.3 Å². The summed E-state index contributed by atoms with van der Waals surface area (Å²) in [5.41, 5.74) is 1.30. The lowest BCUT2D eigenvalue weighted by Crippen LogP contribution is -2.40. The normalized spacial score (nSPS) is 21.2. The Morgan fingerprint density at radius 2 is 1.85 bits per heavy atom. The Labute approximate surface area is 197 Å². The zero-order valence-electron chi connectivity index (χ0n) is 18.2. The molecule has 172 valence electrons. The molecule has 1 aliphatic heterocycles. The number of piperidine rings is 1. The van der Waals surface area contributed by atoms with E-state index in [1.807, 2.05) is 6.07 Å². The van der Waals surface area contributed by atoms with E-state index in [-0.39, 0.29) is 29.8 Å². The summed E-state index contributed by atoms with van der Waals surface area (Å²) in [6.45, 7) is 1.58. The van der Waals surface area contributed by atoms with Gasteiger partial charge in [-0.3, -0.25) is 4.79 Å². The number of benzene rings is 1. The molecule has 2 heterocycles. The second-order valence-corrected chi connectivity index (χ2v) is 8.95. The van der Waals surface area contributed by atoms with E-state index in [0.29, 0.717) is 16.3 Å². The molecule has 33 heavy (non-hydrogen) atoms. The highest BCUT2D eigenvalue weighted by Gasteiger charge is 2.25. The molecular formula is C24H26ClN5O3. The molecule has 1 aromatic heterocycles. The van der Waals surface area contributed by atoms with Gasteiger partial charge in [-0.1, -0.05) is 11.6 Å². The number of nitrogens with one attached hydrogen (secondary N) is 1. The number of carbonyl (C=O) groups is 2. The molecule has 1 N–H and O–H groups in total. The molecule has 2 fully saturated rings. The Balaban J connectivity index is 1.24. The summed E-state index contributed by atoms with van der Waals surface area (Å²) in [6, 6.07) is 7.16. The molecule has 2 aromatic rings. The number of ether oxygens (including phenoxy) is 1. The Morgan fingerprint density at radius 3 is 2.45 bits per heavy atom. The summed E-state index contributed by atoms with van der Waals surface area (Å²) in [7, 11) is 0. The first kappa shape index (κ1) is 23.0. The first-order chi connectivity index (χ1) is 16.1. The number of halogens is 1. The standard InChI is InChI=1S/C24H26ClN5O3/c25-22-11-21(4-1-17(22)12-26)33-20-5-2-18(3-6-20)29-24(32)23-27-13-19(14-28-23)30-9-7-16(15-31)8-10-30/h1,4,11,13-16,18,20H,2-3,5-10H2,(H,29,32). The highest BCUT2D eigenvalue weighted by atomic mass is 35.5. The smallest absolute Gasteiger partial charge is 0.289 e. The molecule has 8 nitrogen and oxygen atoms in total. The van der Waals surface area contributed by atoms with Crippen LogP contribution >= 0.6 is 11.6 Å². The molecular weight excluding hydrogens is 442 g/mol. The monoisotopic (exact) mass is 467 g/mol. The minimum Gasteiger partial charge on any atom is -0.490 e. The van der Waals surface area contributed by atoms with Crippen LogP contribution in [0.1, 0.15) is 54.7 Å². The maximum Gasteiger partial charge on any atom is 0.289 e. The number of nitrogens with zero attached hydrogens (tertiary/aromatic N) is 4. The predicted molar refractivity (Wildman–Crippen MR) is 123 cm³/mol. The van der Waals surface area contributed by atoms with Gasteiger partial charge in [-0.25, -0.2) is 9.97 Å². The van der Waals surface area contributed by atoms with E-state index in [1.54, 1.807) is 30.6 Å². The summed E-state index contributed by atoms with van der Waals surface area (Å²) in [6.07, 6.45) is 9.29. The van der Waals surface area contributed by atoms with E-state index >= 15 is 0 Å². The molecule has 0 unspecified atom stereocenters. The fourth-order valence-electron chi connectivity index (χ4n) is 4.32. The summed E-state index contributed by atoms with van der Waals surface area (Å²) in [5.74, 6) is 0.668. The molecule has 1 aromatic carbocycles. The SMILES string of the molecule is N#Cc1ccc(OC2CCC(NC(=O)c3ncc(N4CCC(C=O)CC4)cn3)CC2)cc1Cl. The van der Waals surface area contributed by atoms with Gasteiger partial charge in [-0.2, -0.15) is 5.26 Å². The molecule has 0 atom stereocenters. The number of amides is 1. The van der Waals surface area contributed by atoms with Gasteiger partial charge >= 0.3 is 0 Å². The van der Waals surface area contributed by atoms with Crippen LogP contribution in [0.3, 0.4) is 0 Å². The third kappa shape index (κ3) is 5.79. The Morgan fingerprint density at radius 1 is 1.15 bits per heavy atom. The minimum atomic E-state index is -0.274. The van der Waals surface area contributed by atoms with Crippen molar-refractivity contribution in [2.45, 2.75) is 50.7 Å². The highest BCUT2D eigenvalue weighted by molar-refractivity contribution is 6.31. The van der Waals surface area contributed by atoms with Crippen molar-refractivity contribution in [3.05, 3.63) is 47.0 Å². The zero-order chi connectivity index (χ0) is 23.2. The predicted octanol–water partition coefficient (Wildman–Crippen LogP) is 3.54. The molecule has 4 rings (SSSR count). The molecule has 0 radical (unpaired) electrons. The summed E-state index contributed by atoms with van der Waals surface area (Å²) >= 11 is 6.07. The maximum atomic E-state index is 12.6. The van der Waals surface area contributed by atoms with Crippen LogP contribution in [-0.2, 0) is 4.79 Å². The zero-order valence-corrected chi connectivity index (χ0v) is 19.0. The first-order valence-electron chi connectivity index (χ1n) is 11.2. The lowest BCUT2D eigenvalue weighted by atomic mass is 9.93. The number of anilines is 1. The maximum absolute atomic E-state index is 12.6. The molecule has 0 spiro atoms. The quantitative estimate of drug-likeness (QED) is 0.647. The van der Waals surface area contributed by atoms with Crippen LogP contribution in [0.4, 0.5) is 5.69 Å². The van der Waals surface area contributed by atoms with Crippen molar-refractivity contribution >= 4 is 29.5 Å². The van der Waals surface area contributed by atoms with Gasteiger partial charge in [0.15, 0.2) is 0 Å².